The highest BCUT2D eigenvalue weighted by atomic mass is 16.5. The van der Waals surface area contributed by atoms with Crippen molar-refractivity contribution in [3.63, 3.8) is 0 Å². The van der Waals surface area contributed by atoms with Crippen LogP contribution >= 0.6 is 0 Å². The zero-order valence-corrected chi connectivity index (χ0v) is 11.5. The van der Waals surface area contributed by atoms with E-state index in [0.717, 1.165) is 19.4 Å². The van der Waals surface area contributed by atoms with Crippen LogP contribution in [0.3, 0.4) is 0 Å². The standard InChI is InChI=1S/C13H22N2O5/c16-12(17)3-7-19-10-1-5-15(6-2-10)13(18)11-9-14-4-8-20-11/h10-11,14H,1-9H2,(H,16,17). The molecule has 1 amide bonds. The number of nitrogens with one attached hydrogen (secondary N) is 1. The van der Waals surface area contributed by atoms with Crippen LogP contribution in [0.5, 0.6) is 0 Å². The van der Waals surface area contributed by atoms with Gasteiger partial charge in [0.1, 0.15) is 6.10 Å². The molecule has 0 aromatic heterocycles. The summed E-state index contributed by atoms with van der Waals surface area (Å²) in [4.78, 5) is 24.4. The van der Waals surface area contributed by atoms with Gasteiger partial charge in [0, 0.05) is 26.2 Å². The third-order valence-corrected chi connectivity index (χ3v) is 3.63. The van der Waals surface area contributed by atoms with Crippen LogP contribution in [0.4, 0.5) is 0 Å². The number of nitrogens with zero attached hydrogens (tertiary/aromatic N) is 1. The Morgan fingerprint density at radius 2 is 2.10 bits per heavy atom. The van der Waals surface area contributed by atoms with Gasteiger partial charge < -0.3 is 24.8 Å². The van der Waals surface area contributed by atoms with E-state index in [-0.39, 0.29) is 31.1 Å². The smallest absolute Gasteiger partial charge is 0.305 e. The first-order valence-electron chi connectivity index (χ1n) is 7.11. The van der Waals surface area contributed by atoms with Gasteiger partial charge in [0.2, 0.25) is 0 Å². The van der Waals surface area contributed by atoms with Crippen LogP contribution in [0.1, 0.15) is 19.3 Å². The molecule has 0 aromatic rings. The Kier molecular flexibility index (Phi) is 5.75. The number of hydrogen-bond acceptors (Lipinski definition) is 5. The molecule has 1 atom stereocenters. The van der Waals surface area contributed by atoms with Gasteiger partial charge in [0.05, 0.1) is 25.7 Å². The Morgan fingerprint density at radius 3 is 2.70 bits per heavy atom. The van der Waals surface area contributed by atoms with Crippen molar-refractivity contribution in [1.29, 1.82) is 0 Å². The average molecular weight is 286 g/mol. The first kappa shape index (κ1) is 15.2. The van der Waals surface area contributed by atoms with Gasteiger partial charge in [-0.05, 0) is 12.8 Å². The summed E-state index contributed by atoms with van der Waals surface area (Å²) in [5, 5.41) is 11.7. The lowest BCUT2D eigenvalue weighted by Crippen LogP contribution is -2.51. The van der Waals surface area contributed by atoms with E-state index in [9.17, 15) is 9.59 Å². The van der Waals surface area contributed by atoms with Crippen LogP contribution in [0.15, 0.2) is 0 Å². The monoisotopic (exact) mass is 286 g/mol. The second-order valence-corrected chi connectivity index (χ2v) is 5.10. The number of piperidine rings is 1. The Labute approximate surface area is 118 Å². The summed E-state index contributed by atoms with van der Waals surface area (Å²) < 4.78 is 11.0. The third-order valence-electron chi connectivity index (χ3n) is 3.63. The number of morpholine rings is 1. The van der Waals surface area contributed by atoms with Gasteiger partial charge >= 0.3 is 5.97 Å². The Morgan fingerprint density at radius 1 is 1.35 bits per heavy atom. The van der Waals surface area contributed by atoms with E-state index in [2.05, 4.69) is 5.32 Å². The number of ether oxygens (including phenoxy) is 2. The minimum absolute atomic E-state index is 0.0285. The predicted molar refractivity (Wildman–Crippen MR) is 70.4 cm³/mol. The summed E-state index contributed by atoms with van der Waals surface area (Å²) >= 11 is 0. The molecule has 2 aliphatic heterocycles. The molecule has 1 unspecified atom stereocenters. The number of carboxylic acid groups (broad SMARTS) is 1. The predicted octanol–water partition coefficient (Wildman–Crippen LogP) is -0.543. The molecule has 2 rings (SSSR count). The fourth-order valence-corrected chi connectivity index (χ4v) is 2.48. The minimum Gasteiger partial charge on any atom is -0.481 e. The van der Waals surface area contributed by atoms with E-state index in [0.29, 0.717) is 26.2 Å². The Hall–Kier alpha value is -1.18. The summed E-state index contributed by atoms with van der Waals surface area (Å²) in [6.07, 6.45) is 1.23. The maximum Gasteiger partial charge on any atom is 0.305 e. The van der Waals surface area contributed by atoms with Crippen LogP contribution in [0.25, 0.3) is 0 Å². The van der Waals surface area contributed by atoms with Crippen molar-refractivity contribution >= 4 is 11.9 Å². The van der Waals surface area contributed by atoms with Gasteiger partial charge in [0.15, 0.2) is 0 Å². The molecule has 0 saturated carbocycles. The molecule has 0 aliphatic carbocycles. The normalized spacial score (nSPS) is 24.6. The van der Waals surface area contributed by atoms with Gasteiger partial charge in [-0.15, -0.1) is 0 Å². The molecule has 2 fully saturated rings. The summed E-state index contributed by atoms with van der Waals surface area (Å²) in [6.45, 7) is 3.48. The molecular weight excluding hydrogens is 264 g/mol. The quantitative estimate of drug-likeness (QED) is 0.705. The highest BCUT2D eigenvalue weighted by molar-refractivity contribution is 5.81. The Balaban J connectivity index is 1.68. The molecule has 2 N–H and O–H groups in total. The van der Waals surface area contributed by atoms with Crippen LogP contribution in [0, 0.1) is 0 Å². The topological polar surface area (TPSA) is 88.1 Å². The highest BCUT2D eigenvalue weighted by Crippen LogP contribution is 2.16. The molecule has 20 heavy (non-hydrogen) atoms. The lowest BCUT2D eigenvalue weighted by molar-refractivity contribution is -0.147. The van der Waals surface area contributed by atoms with Gasteiger partial charge in [-0.2, -0.15) is 0 Å². The van der Waals surface area contributed by atoms with Crippen molar-refractivity contribution in [3.8, 4) is 0 Å². The van der Waals surface area contributed by atoms with E-state index < -0.39 is 5.97 Å². The number of likely N-dealkylation sites (tertiary alicyclic amines) is 1. The van der Waals surface area contributed by atoms with Crippen molar-refractivity contribution < 1.29 is 24.2 Å². The molecule has 0 radical (unpaired) electrons. The Bertz CT molecular complexity index is 336. The molecule has 0 aromatic carbocycles. The SMILES string of the molecule is O=C(O)CCOC1CCN(C(=O)C2CNCCO2)CC1. The molecule has 114 valence electrons. The van der Waals surface area contributed by atoms with Crippen LogP contribution in [-0.2, 0) is 19.1 Å². The van der Waals surface area contributed by atoms with Crippen molar-refractivity contribution in [2.24, 2.45) is 0 Å². The number of carbonyl (C=O) groups is 2. The van der Waals surface area contributed by atoms with Crippen molar-refractivity contribution in [1.82, 2.24) is 10.2 Å². The summed E-state index contributed by atoms with van der Waals surface area (Å²) in [5.74, 6) is -0.805. The van der Waals surface area contributed by atoms with Crippen LogP contribution in [-0.4, -0.2) is 73.5 Å². The number of carbonyl (C=O) groups excluding carboxylic acids is 1. The fraction of sp³-hybridized carbons (Fsp3) is 0.846. The van der Waals surface area contributed by atoms with Gasteiger partial charge in [-0.1, -0.05) is 0 Å². The van der Waals surface area contributed by atoms with E-state index >= 15 is 0 Å². The second kappa shape index (κ2) is 7.56. The van der Waals surface area contributed by atoms with E-state index in [1.807, 2.05) is 4.90 Å². The summed E-state index contributed by atoms with van der Waals surface area (Å²) in [5.41, 5.74) is 0. The number of rotatable bonds is 5. The second-order valence-electron chi connectivity index (χ2n) is 5.10. The molecule has 0 spiro atoms. The van der Waals surface area contributed by atoms with Crippen LogP contribution in [0.2, 0.25) is 0 Å². The first-order valence-corrected chi connectivity index (χ1v) is 7.11. The number of hydrogen-bond donors (Lipinski definition) is 2. The fourth-order valence-electron chi connectivity index (χ4n) is 2.48. The third kappa shape index (κ3) is 4.43. The minimum atomic E-state index is -0.848. The summed E-state index contributed by atoms with van der Waals surface area (Å²) in [7, 11) is 0. The largest absolute Gasteiger partial charge is 0.481 e. The maximum absolute atomic E-state index is 12.2. The molecule has 0 bridgehead atoms. The van der Waals surface area contributed by atoms with Crippen molar-refractivity contribution in [3.05, 3.63) is 0 Å². The number of carboxylic acids is 1. The molecular formula is C13H22N2O5. The van der Waals surface area contributed by atoms with E-state index in [1.165, 1.54) is 0 Å². The zero-order valence-electron chi connectivity index (χ0n) is 11.5. The zero-order chi connectivity index (χ0) is 14.4. The van der Waals surface area contributed by atoms with Gasteiger partial charge in [0.25, 0.3) is 5.91 Å². The molecule has 7 heteroatoms. The van der Waals surface area contributed by atoms with Crippen molar-refractivity contribution in [2.45, 2.75) is 31.5 Å². The van der Waals surface area contributed by atoms with Gasteiger partial charge in [-0.25, -0.2) is 0 Å². The molecule has 2 saturated heterocycles. The summed E-state index contributed by atoms with van der Waals surface area (Å²) in [6, 6.07) is 0. The van der Waals surface area contributed by atoms with Crippen LogP contribution < -0.4 is 5.32 Å². The highest BCUT2D eigenvalue weighted by Gasteiger charge is 2.30. The maximum atomic E-state index is 12.2. The number of aliphatic carboxylic acids is 1. The lowest BCUT2D eigenvalue weighted by atomic mass is 10.1. The van der Waals surface area contributed by atoms with Gasteiger partial charge in [-0.3, -0.25) is 9.59 Å². The molecule has 7 nitrogen and oxygen atoms in total. The number of amides is 1. The van der Waals surface area contributed by atoms with Crippen molar-refractivity contribution in [2.75, 3.05) is 39.4 Å². The lowest BCUT2D eigenvalue weighted by Gasteiger charge is -2.35. The molecule has 2 heterocycles. The first-order chi connectivity index (χ1) is 9.66. The molecule has 2 aliphatic rings. The van der Waals surface area contributed by atoms with E-state index in [1.54, 1.807) is 0 Å². The average Bonchev–Trinajstić information content (AvgIpc) is 2.48. The van der Waals surface area contributed by atoms with E-state index in [4.69, 9.17) is 14.6 Å².